The van der Waals surface area contributed by atoms with Crippen LogP contribution < -0.4 is 26.6 Å². The Balaban J connectivity index is 0.000000169. The van der Waals surface area contributed by atoms with Crippen LogP contribution in [0.1, 0.15) is 22.3 Å². The molecule has 8 rings (SSSR count). The summed E-state index contributed by atoms with van der Waals surface area (Å²) in [5.74, 6) is 1.71. The Bertz CT molecular complexity index is 2260. The molecule has 6 heterocycles. The third kappa shape index (κ3) is 9.09. The number of nitrogens with one attached hydrogen (secondary N) is 5. The zero-order valence-corrected chi connectivity index (χ0v) is 29.4. The minimum Gasteiger partial charge on any atom is -0.365 e. The number of aromatic nitrogens is 6. The molecule has 0 radical (unpaired) electrons. The summed E-state index contributed by atoms with van der Waals surface area (Å²) in [6.45, 7) is 3.36. The van der Waals surface area contributed by atoms with E-state index < -0.39 is 23.5 Å². The SMILES string of the molecule is CN1CC(Nc2nc(NCc3ccccc3C(F)(F)F)c3cccnc3n2)C1.FC(F)(F)c1ccccc1CNc1nc(NC2CNC2)nc2ncccc12. The number of fused-ring (bicyclic) bond motifs is 2. The van der Waals surface area contributed by atoms with Gasteiger partial charge in [-0.25, -0.2) is 9.97 Å². The molecular weight excluding hydrogens is 726 g/mol. The molecule has 0 bridgehead atoms. The molecule has 0 amide bonds. The number of anilines is 4. The van der Waals surface area contributed by atoms with Gasteiger partial charge in [-0.15, -0.1) is 0 Å². The lowest BCUT2D eigenvalue weighted by Gasteiger charge is -2.36. The average Bonchev–Trinajstić information content (AvgIpc) is 3.13. The molecule has 2 aliphatic rings. The van der Waals surface area contributed by atoms with E-state index in [-0.39, 0.29) is 36.3 Å². The van der Waals surface area contributed by atoms with Gasteiger partial charge >= 0.3 is 12.4 Å². The van der Waals surface area contributed by atoms with Gasteiger partial charge in [-0.3, -0.25) is 0 Å². The highest BCUT2D eigenvalue weighted by Crippen LogP contribution is 2.34. The van der Waals surface area contributed by atoms with Crippen molar-refractivity contribution in [2.45, 2.75) is 37.5 Å². The normalized spacial score (nSPS) is 15.1. The molecule has 286 valence electrons. The molecule has 55 heavy (non-hydrogen) atoms. The smallest absolute Gasteiger partial charge is 0.365 e. The van der Waals surface area contributed by atoms with Crippen molar-refractivity contribution in [3.8, 4) is 0 Å². The van der Waals surface area contributed by atoms with E-state index in [0.29, 0.717) is 45.6 Å². The van der Waals surface area contributed by atoms with Crippen molar-refractivity contribution in [1.82, 2.24) is 40.1 Å². The lowest BCUT2D eigenvalue weighted by atomic mass is 10.1. The summed E-state index contributed by atoms with van der Waals surface area (Å²) in [7, 11) is 2.02. The maximum absolute atomic E-state index is 13.2. The molecule has 0 unspecified atom stereocenters. The Morgan fingerprint density at radius 3 is 1.49 bits per heavy atom. The molecule has 5 N–H and O–H groups in total. The first kappa shape index (κ1) is 37.4. The van der Waals surface area contributed by atoms with Crippen molar-refractivity contribution < 1.29 is 26.3 Å². The number of hydrogen-bond donors (Lipinski definition) is 5. The van der Waals surface area contributed by atoms with Gasteiger partial charge in [0.15, 0.2) is 11.3 Å². The molecule has 6 aromatic rings. The van der Waals surface area contributed by atoms with Crippen LogP contribution in [0.25, 0.3) is 22.1 Å². The van der Waals surface area contributed by atoms with Crippen LogP contribution >= 0.6 is 0 Å². The van der Waals surface area contributed by atoms with Crippen molar-refractivity contribution in [1.29, 1.82) is 0 Å². The van der Waals surface area contributed by atoms with Crippen molar-refractivity contribution in [3.63, 3.8) is 0 Å². The number of nitrogens with zero attached hydrogens (tertiary/aromatic N) is 7. The minimum absolute atomic E-state index is 0.0116. The summed E-state index contributed by atoms with van der Waals surface area (Å²) in [5, 5.41) is 17.0. The molecule has 2 saturated heterocycles. The highest BCUT2D eigenvalue weighted by molar-refractivity contribution is 5.88. The Morgan fingerprint density at radius 1 is 0.618 bits per heavy atom. The third-order valence-corrected chi connectivity index (χ3v) is 8.99. The van der Waals surface area contributed by atoms with Gasteiger partial charge in [0, 0.05) is 51.7 Å². The summed E-state index contributed by atoms with van der Waals surface area (Å²) < 4.78 is 79.3. The Labute approximate surface area is 311 Å². The van der Waals surface area contributed by atoms with E-state index in [1.54, 1.807) is 48.8 Å². The Kier molecular flexibility index (Phi) is 10.8. The van der Waals surface area contributed by atoms with E-state index in [1.807, 2.05) is 7.05 Å². The first-order valence-electron chi connectivity index (χ1n) is 17.4. The first-order valence-corrected chi connectivity index (χ1v) is 17.4. The zero-order valence-electron chi connectivity index (χ0n) is 29.4. The Hall–Kier alpha value is -5.88. The fraction of sp³-hybridized carbons (Fsp3) is 0.297. The third-order valence-electron chi connectivity index (χ3n) is 8.99. The maximum Gasteiger partial charge on any atom is 0.416 e. The van der Waals surface area contributed by atoms with Gasteiger partial charge in [-0.2, -0.15) is 46.3 Å². The molecule has 2 aliphatic heterocycles. The van der Waals surface area contributed by atoms with Crippen LogP contribution in [0.2, 0.25) is 0 Å². The van der Waals surface area contributed by atoms with E-state index in [1.165, 1.54) is 24.3 Å². The summed E-state index contributed by atoms with van der Waals surface area (Å²) in [5.41, 5.74) is -0.0463. The molecular formula is C37H36F6N12. The van der Waals surface area contributed by atoms with Crippen LogP contribution in [0.3, 0.4) is 0 Å². The predicted molar refractivity (Wildman–Crippen MR) is 197 cm³/mol. The van der Waals surface area contributed by atoms with Crippen LogP contribution in [-0.4, -0.2) is 80.1 Å². The van der Waals surface area contributed by atoms with Crippen molar-refractivity contribution >= 4 is 45.6 Å². The van der Waals surface area contributed by atoms with E-state index in [4.69, 9.17) is 0 Å². The van der Waals surface area contributed by atoms with Crippen molar-refractivity contribution in [3.05, 3.63) is 107 Å². The fourth-order valence-corrected chi connectivity index (χ4v) is 6.13. The van der Waals surface area contributed by atoms with Gasteiger partial charge in [0.25, 0.3) is 0 Å². The second kappa shape index (κ2) is 15.8. The van der Waals surface area contributed by atoms with Gasteiger partial charge in [0.05, 0.1) is 34.0 Å². The number of likely N-dealkylation sites (tertiary alicyclic amines) is 1. The first-order chi connectivity index (χ1) is 26.4. The van der Waals surface area contributed by atoms with Crippen LogP contribution in [0.4, 0.5) is 49.9 Å². The zero-order chi connectivity index (χ0) is 38.6. The summed E-state index contributed by atoms with van der Waals surface area (Å²) >= 11 is 0. The average molecular weight is 763 g/mol. The van der Waals surface area contributed by atoms with E-state index in [9.17, 15) is 26.3 Å². The van der Waals surface area contributed by atoms with E-state index in [0.717, 1.165) is 38.3 Å². The second-order valence-corrected chi connectivity index (χ2v) is 13.1. The van der Waals surface area contributed by atoms with Gasteiger partial charge in [-0.1, -0.05) is 36.4 Å². The Morgan fingerprint density at radius 2 is 1.07 bits per heavy atom. The van der Waals surface area contributed by atoms with E-state index >= 15 is 0 Å². The standard InChI is InChI=1S/C19H19F3N6.C18H17F3N6/c1-28-10-13(11-28)25-18-26-16-14(6-4-8-23-16)17(27-18)24-9-12-5-2-3-7-15(12)19(20,21)22;19-18(20,21)14-6-2-1-4-11(14)8-24-16-13-5-3-7-23-15(13)26-17(27-16)25-12-9-22-10-12/h2-8,13H,9-11H2,1H3,(H2,23,24,25,26,27);1-7,12,22H,8-10H2,(H2,23,24,25,26,27). The van der Waals surface area contributed by atoms with Crippen LogP contribution in [0, 0.1) is 0 Å². The van der Waals surface area contributed by atoms with Gasteiger partial charge in [0.1, 0.15) is 11.6 Å². The summed E-state index contributed by atoms with van der Waals surface area (Å²) in [6, 6.07) is 18.5. The van der Waals surface area contributed by atoms with Crippen LogP contribution in [-0.2, 0) is 25.4 Å². The quantitative estimate of drug-likeness (QED) is 0.0985. The van der Waals surface area contributed by atoms with Gasteiger partial charge in [-0.05, 0) is 54.6 Å². The lowest BCUT2D eigenvalue weighted by Crippen LogP contribution is -2.52. The minimum atomic E-state index is -4.41. The maximum atomic E-state index is 13.2. The number of rotatable bonds is 10. The largest absolute Gasteiger partial charge is 0.416 e. The number of hydrogen-bond acceptors (Lipinski definition) is 12. The lowest BCUT2D eigenvalue weighted by molar-refractivity contribution is -0.139. The second-order valence-electron chi connectivity index (χ2n) is 13.1. The molecule has 12 nitrogen and oxygen atoms in total. The molecule has 0 spiro atoms. The fourth-order valence-electron chi connectivity index (χ4n) is 6.13. The van der Waals surface area contributed by atoms with Gasteiger partial charge < -0.3 is 31.5 Å². The molecule has 0 aliphatic carbocycles. The molecule has 18 heteroatoms. The number of halogens is 6. The molecule has 4 aromatic heterocycles. The number of alkyl halides is 6. The predicted octanol–water partition coefficient (Wildman–Crippen LogP) is 6.42. The highest BCUT2D eigenvalue weighted by Gasteiger charge is 2.34. The molecule has 2 fully saturated rings. The number of likely N-dealkylation sites (N-methyl/N-ethyl adjacent to an activating group) is 1. The highest BCUT2D eigenvalue weighted by atomic mass is 19.4. The molecule has 0 saturated carbocycles. The van der Waals surface area contributed by atoms with Gasteiger partial charge in [0.2, 0.25) is 11.9 Å². The summed E-state index contributed by atoms with van der Waals surface area (Å²) in [6.07, 6.45) is -5.57. The van der Waals surface area contributed by atoms with Crippen molar-refractivity contribution in [2.24, 2.45) is 0 Å². The van der Waals surface area contributed by atoms with E-state index in [2.05, 4.69) is 61.4 Å². The monoisotopic (exact) mass is 762 g/mol. The van der Waals surface area contributed by atoms with Crippen LogP contribution in [0.15, 0.2) is 85.2 Å². The van der Waals surface area contributed by atoms with Crippen LogP contribution in [0.5, 0.6) is 0 Å². The molecule has 2 aromatic carbocycles. The topological polar surface area (TPSA) is 141 Å². The molecule has 0 atom stereocenters. The number of pyridine rings is 2. The van der Waals surface area contributed by atoms with Crippen molar-refractivity contribution in [2.75, 3.05) is 54.5 Å². The number of benzene rings is 2. The summed E-state index contributed by atoms with van der Waals surface area (Å²) in [4.78, 5) is 28.4.